The Balaban J connectivity index is 3.15. The van der Waals surface area contributed by atoms with Crippen LogP contribution in [-0.2, 0) is 9.09 Å². The number of rotatable bonds is 7. The van der Waals surface area contributed by atoms with E-state index >= 15 is 0 Å². The van der Waals surface area contributed by atoms with Crippen molar-refractivity contribution in [2.24, 2.45) is 0 Å². The van der Waals surface area contributed by atoms with Crippen LogP contribution in [0.5, 0.6) is 0 Å². The van der Waals surface area contributed by atoms with Gasteiger partial charge < -0.3 is 4.52 Å². The molecule has 0 aliphatic rings. The Morgan fingerprint density at radius 2 is 2.36 bits per heavy atom. The molecule has 0 aromatic carbocycles. The Morgan fingerprint density at radius 1 is 1.64 bits per heavy atom. The Morgan fingerprint density at radius 3 is 2.91 bits per heavy atom. The van der Waals surface area contributed by atoms with E-state index in [1.807, 2.05) is 0 Å². The predicted molar refractivity (Wildman–Crippen MR) is 49.5 cm³/mol. The molecule has 0 bridgehead atoms. The Bertz CT molecular complexity index is 123. The molecule has 2 nitrogen and oxygen atoms in total. The monoisotopic (exact) mass is 176 g/mol. The molecule has 0 aromatic rings. The summed E-state index contributed by atoms with van der Waals surface area (Å²) in [5, 5.41) is 0. The Labute approximate surface area is 69.5 Å². The van der Waals surface area contributed by atoms with Gasteiger partial charge in [0, 0.05) is 6.16 Å². The van der Waals surface area contributed by atoms with Gasteiger partial charge in [0.2, 0.25) is 0 Å². The molecule has 3 heteroatoms. The first-order chi connectivity index (χ1) is 5.31. The lowest BCUT2D eigenvalue weighted by atomic mass is 10.4. The highest BCUT2D eigenvalue weighted by Gasteiger charge is 1.95. The molecule has 0 saturated carbocycles. The van der Waals surface area contributed by atoms with Gasteiger partial charge in [0.25, 0.3) is 0 Å². The summed E-state index contributed by atoms with van der Waals surface area (Å²) in [4.78, 5) is 0. The number of hydrogen-bond acceptors (Lipinski definition) is 2. The molecule has 1 unspecified atom stereocenters. The molecule has 0 radical (unpaired) electrons. The van der Waals surface area contributed by atoms with Crippen LogP contribution < -0.4 is 0 Å². The van der Waals surface area contributed by atoms with Crippen molar-refractivity contribution in [3.63, 3.8) is 0 Å². The van der Waals surface area contributed by atoms with Gasteiger partial charge in [-0.1, -0.05) is 19.4 Å². The van der Waals surface area contributed by atoms with Gasteiger partial charge in [-0.15, -0.1) is 6.58 Å². The average Bonchev–Trinajstić information content (AvgIpc) is 2.01. The summed E-state index contributed by atoms with van der Waals surface area (Å²) in [5.41, 5.74) is 0. The Kier molecular flexibility index (Phi) is 7.98. The van der Waals surface area contributed by atoms with E-state index in [0.29, 0.717) is 12.8 Å². The highest BCUT2D eigenvalue weighted by molar-refractivity contribution is 7.39. The van der Waals surface area contributed by atoms with Crippen molar-refractivity contribution in [3.8, 4) is 0 Å². The summed E-state index contributed by atoms with van der Waals surface area (Å²) in [5.74, 6) is 0. The first kappa shape index (κ1) is 10.9. The van der Waals surface area contributed by atoms with E-state index in [-0.39, 0.29) is 0 Å². The SMILES string of the molecule is C=CCC[PH](=O)OCCCC. The third kappa shape index (κ3) is 7.83. The molecular formula is C8H17O2P. The molecule has 0 spiro atoms. The van der Waals surface area contributed by atoms with Gasteiger partial charge in [0.1, 0.15) is 0 Å². The number of hydrogen-bond donors (Lipinski definition) is 0. The lowest BCUT2D eigenvalue weighted by Gasteiger charge is -2.00. The van der Waals surface area contributed by atoms with Crippen molar-refractivity contribution in [3.05, 3.63) is 12.7 Å². The molecule has 11 heavy (non-hydrogen) atoms. The van der Waals surface area contributed by atoms with E-state index in [9.17, 15) is 4.57 Å². The van der Waals surface area contributed by atoms with Crippen molar-refractivity contribution in [2.45, 2.75) is 26.2 Å². The second kappa shape index (κ2) is 8.03. The quantitative estimate of drug-likeness (QED) is 0.338. The summed E-state index contributed by atoms with van der Waals surface area (Å²) in [6.07, 6.45) is 5.31. The third-order valence-electron chi connectivity index (χ3n) is 1.31. The molecule has 66 valence electrons. The molecule has 0 aliphatic heterocycles. The van der Waals surface area contributed by atoms with E-state index in [4.69, 9.17) is 4.52 Å². The summed E-state index contributed by atoms with van der Waals surface area (Å²) in [6, 6.07) is 0. The lowest BCUT2D eigenvalue weighted by Crippen LogP contribution is -1.86. The van der Waals surface area contributed by atoms with Crippen molar-refractivity contribution in [1.82, 2.24) is 0 Å². The van der Waals surface area contributed by atoms with Crippen LogP contribution in [0, 0.1) is 0 Å². The van der Waals surface area contributed by atoms with E-state index in [1.165, 1.54) is 0 Å². The molecule has 0 fully saturated rings. The highest BCUT2D eigenvalue weighted by Crippen LogP contribution is 2.23. The topological polar surface area (TPSA) is 26.3 Å². The van der Waals surface area contributed by atoms with E-state index in [1.54, 1.807) is 6.08 Å². The van der Waals surface area contributed by atoms with Crippen LogP contribution in [-0.4, -0.2) is 12.8 Å². The van der Waals surface area contributed by atoms with Gasteiger partial charge in [-0.3, -0.25) is 4.57 Å². The van der Waals surface area contributed by atoms with Gasteiger partial charge >= 0.3 is 0 Å². The zero-order valence-electron chi connectivity index (χ0n) is 7.14. The zero-order chi connectivity index (χ0) is 8.53. The van der Waals surface area contributed by atoms with Crippen LogP contribution >= 0.6 is 8.03 Å². The fourth-order valence-corrected chi connectivity index (χ4v) is 1.58. The standard InChI is InChI=1S/C8H17O2P/c1-3-5-7-10-11(9)8-6-4-2/h4,11H,2-3,5-8H2,1H3. The van der Waals surface area contributed by atoms with Gasteiger partial charge in [-0.05, 0) is 12.8 Å². The maximum absolute atomic E-state index is 11.0. The smallest absolute Gasteiger partial charge is 0.191 e. The van der Waals surface area contributed by atoms with Crippen LogP contribution in [0.2, 0.25) is 0 Å². The van der Waals surface area contributed by atoms with Crippen molar-refractivity contribution < 1.29 is 9.09 Å². The molecule has 0 saturated heterocycles. The number of unbranched alkanes of at least 4 members (excludes halogenated alkanes) is 1. The van der Waals surface area contributed by atoms with Crippen molar-refractivity contribution >= 4 is 8.03 Å². The van der Waals surface area contributed by atoms with Gasteiger partial charge in [0.15, 0.2) is 8.03 Å². The second-order valence-electron chi connectivity index (χ2n) is 2.40. The molecule has 0 N–H and O–H groups in total. The molecular weight excluding hydrogens is 159 g/mol. The van der Waals surface area contributed by atoms with Crippen LogP contribution in [0.4, 0.5) is 0 Å². The second-order valence-corrected chi connectivity index (χ2v) is 3.93. The normalized spacial score (nSPS) is 12.8. The Hall–Kier alpha value is -0.0700. The van der Waals surface area contributed by atoms with Gasteiger partial charge in [-0.2, -0.15) is 0 Å². The third-order valence-corrected chi connectivity index (χ3v) is 2.54. The summed E-state index contributed by atoms with van der Waals surface area (Å²) in [6.45, 7) is 6.28. The van der Waals surface area contributed by atoms with Crippen LogP contribution in [0.1, 0.15) is 26.2 Å². The minimum Gasteiger partial charge on any atom is -0.330 e. The minimum atomic E-state index is -1.75. The molecule has 0 heterocycles. The molecule has 0 amide bonds. The lowest BCUT2D eigenvalue weighted by molar-refractivity contribution is 0.321. The molecule has 0 rings (SSSR count). The van der Waals surface area contributed by atoms with Crippen LogP contribution in [0.25, 0.3) is 0 Å². The van der Waals surface area contributed by atoms with Crippen molar-refractivity contribution in [2.75, 3.05) is 12.8 Å². The van der Waals surface area contributed by atoms with E-state index in [2.05, 4.69) is 13.5 Å². The zero-order valence-corrected chi connectivity index (χ0v) is 8.14. The average molecular weight is 176 g/mol. The fraction of sp³-hybridized carbons (Fsp3) is 0.750. The van der Waals surface area contributed by atoms with Crippen molar-refractivity contribution in [1.29, 1.82) is 0 Å². The first-order valence-corrected chi connectivity index (χ1v) is 5.60. The first-order valence-electron chi connectivity index (χ1n) is 4.07. The van der Waals surface area contributed by atoms with E-state index < -0.39 is 8.03 Å². The molecule has 0 aromatic heterocycles. The summed E-state index contributed by atoms with van der Waals surface area (Å²) < 4.78 is 16.1. The molecule has 0 aliphatic carbocycles. The van der Waals surface area contributed by atoms with Gasteiger partial charge in [-0.25, -0.2) is 0 Å². The minimum absolute atomic E-state index is 0.644. The number of allylic oxidation sites excluding steroid dienone is 1. The fourth-order valence-electron chi connectivity index (χ4n) is 0.622. The maximum atomic E-state index is 11.0. The highest BCUT2D eigenvalue weighted by atomic mass is 31.1. The predicted octanol–water partition coefficient (Wildman–Crippen LogP) is 2.85. The maximum Gasteiger partial charge on any atom is 0.191 e. The van der Waals surface area contributed by atoms with E-state index in [0.717, 1.165) is 19.3 Å². The molecule has 1 atom stereocenters. The largest absolute Gasteiger partial charge is 0.330 e. The van der Waals surface area contributed by atoms with Gasteiger partial charge in [0.05, 0.1) is 6.61 Å². The summed E-state index contributed by atoms with van der Waals surface area (Å²) in [7, 11) is -1.75. The van der Waals surface area contributed by atoms with Crippen LogP contribution in [0.3, 0.4) is 0 Å². The summed E-state index contributed by atoms with van der Waals surface area (Å²) >= 11 is 0. The van der Waals surface area contributed by atoms with Crippen LogP contribution in [0.15, 0.2) is 12.7 Å².